The smallest absolute Gasteiger partial charge is 0.319 e. The van der Waals surface area contributed by atoms with Crippen LogP contribution in [0.3, 0.4) is 0 Å². The molecule has 2 N–H and O–H groups in total. The summed E-state index contributed by atoms with van der Waals surface area (Å²) in [5.74, 6) is 2.15. The van der Waals surface area contributed by atoms with Crippen molar-refractivity contribution < 1.29 is 4.79 Å². The van der Waals surface area contributed by atoms with Crippen molar-refractivity contribution in [3.8, 4) is 11.3 Å². The maximum atomic E-state index is 12.0. The van der Waals surface area contributed by atoms with E-state index in [2.05, 4.69) is 46.5 Å². The summed E-state index contributed by atoms with van der Waals surface area (Å²) in [5.41, 5.74) is 2.47. The van der Waals surface area contributed by atoms with Gasteiger partial charge in [-0.1, -0.05) is 32.9 Å². The largest absolute Gasteiger partial charge is 0.355 e. The average Bonchev–Trinajstić information content (AvgIpc) is 2.67. The van der Waals surface area contributed by atoms with Crippen molar-refractivity contribution in [3.05, 3.63) is 36.4 Å². The summed E-state index contributed by atoms with van der Waals surface area (Å²) in [5, 5.41) is 14.5. The Labute approximate surface area is 161 Å². The monoisotopic (exact) mass is 367 g/mol. The maximum absolute atomic E-state index is 12.0. The normalized spacial score (nSPS) is 15.0. The lowest BCUT2D eigenvalue weighted by Crippen LogP contribution is -2.33. The van der Waals surface area contributed by atoms with Crippen LogP contribution in [0, 0.1) is 11.8 Å². The Kier molecular flexibility index (Phi) is 6.27. The lowest BCUT2D eigenvalue weighted by atomic mass is 9.99. The van der Waals surface area contributed by atoms with Crippen LogP contribution in [-0.4, -0.2) is 35.9 Å². The third-order valence-electron chi connectivity index (χ3n) is 4.85. The Morgan fingerprint density at radius 2 is 1.96 bits per heavy atom. The van der Waals surface area contributed by atoms with Gasteiger partial charge in [-0.2, -0.15) is 0 Å². The van der Waals surface area contributed by atoms with Gasteiger partial charge in [0.15, 0.2) is 5.82 Å². The first kappa shape index (κ1) is 19.1. The number of carbonyl (C=O) groups excluding carboxylic acids is 1. The Morgan fingerprint density at radius 1 is 1.19 bits per heavy atom. The molecule has 2 heterocycles. The fraction of sp³-hybridized carbons (Fsp3) is 0.476. The van der Waals surface area contributed by atoms with Crippen LogP contribution in [-0.2, 0) is 0 Å². The van der Waals surface area contributed by atoms with E-state index in [0.29, 0.717) is 12.5 Å². The zero-order chi connectivity index (χ0) is 19.2. The molecule has 2 aromatic rings. The van der Waals surface area contributed by atoms with Crippen molar-refractivity contribution >= 4 is 17.5 Å². The molecule has 1 aliphatic rings. The highest BCUT2D eigenvalue weighted by atomic mass is 16.2. The maximum Gasteiger partial charge on any atom is 0.319 e. The van der Waals surface area contributed by atoms with Crippen molar-refractivity contribution in [2.45, 2.75) is 33.6 Å². The third kappa shape index (κ3) is 5.42. The van der Waals surface area contributed by atoms with Crippen LogP contribution >= 0.6 is 0 Å². The topological polar surface area (TPSA) is 70.2 Å². The number of urea groups is 1. The number of hydrogen-bond acceptors (Lipinski definition) is 4. The van der Waals surface area contributed by atoms with E-state index in [1.165, 1.54) is 12.8 Å². The van der Waals surface area contributed by atoms with Gasteiger partial charge in [0.05, 0.1) is 5.69 Å². The molecule has 3 rings (SSSR count). The summed E-state index contributed by atoms with van der Waals surface area (Å²) < 4.78 is 0. The standard InChI is InChI=1S/C21H29N5O/c1-15(2)14-22-21(27)23-18-6-4-5-17(13-18)19-7-8-20(25-24-19)26-11-9-16(3)10-12-26/h4-8,13,15-16H,9-12,14H2,1-3H3,(H2,22,23,27). The highest BCUT2D eigenvalue weighted by Gasteiger charge is 2.17. The molecule has 1 saturated heterocycles. The van der Waals surface area contributed by atoms with Crippen LogP contribution in [0.1, 0.15) is 33.6 Å². The van der Waals surface area contributed by atoms with Gasteiger partial charge in [0.2, 0.25) is 0 Å². The van der Waals surface area contributed by atoms with E-state index in [0.717, 1.165) is 41.8 Å². The number of aromatic nitrogens is 2. The molecule has 0 spiro atoms. The molecular weight excluding hydrogens is 338 g/mol. The van der Waals surface area contributed by atoms with Crippen LogP contribution in [0.2, 0.25) is 0 Å². The van der Waals surface area contributed by atoms with E-state index in [-0.39, 0.29) is 6.03 Å². The predicted octanol–water partition coefficient (Wildman–Crippen LogP) is 4.16. The number of piperidine rings is 1. The van der Waals surface area contributed by atoms with Crippen molar-refractivity contribution in [1.29, 1.82) is 0 Å². The van der Waals surface area contributed by atoms with Crippen LogP contribution < -0.4 is 15.5 Å². The van der Waals surface area contributed by atoms with Crippen molar-refractivity contribution in [1.82, 2.24) is 15.5 Å². The first-order valence-electron chi connectivity index (χ1n) is 9.75. The van der Waals surface area contributed by atoms with Crippen LogP contribution in [0.15, 0.2) is 36.4 Å². The number of carbonyl (C=O) groups is 1. The molecule has 1 aliphatic heterocycles. The third-order valence-corrected chi connectivity index (χ3v) is 4.85. The summed E-state index contributed by atoms with van der Waals surface area (Å²) in [4.78, 5) is 14.3. The molecule has 144 valence electrons. The van der Waals surface area contributed by atoms with Gasteiger partial charge in [-0.3, -0.25) is 0 Å². The molecule has 6 nitrogen and oxygen atoms in total. The predicted molar refractivity (Wildman–Crippen MR) is 110 cm³/mol. The summed E-state index contributed by atoms with van der Waals surface area (Å²) in [6, 6.07) is 11.5. The Morgan fingerprint density at radius 3 is 2.63 bits per heavy atom. The lowest BCUT2D eigenvalue weighted by Gasteiger charge is -2.30. The van der Waals surface area contributed by atoms with Crippen LogP contribution in [0.25, 0.3) is 11.3 Å². The second-order valence-corrected chi connectivity index (χ2v) is 7.76. The Balaban J connectivity index is 1.65. The minimum Gasteiger partial charge on any atom is -0.355 e. The summed E-state index contributed by atoms with van der Waals surface area (Å²) in [6.07, 6.45) is 2.41. The molecule has 1 fully saturated rings. The average molecular weight is 367 g/mol. The van der Waals surface area contributed by atoms with Gasteiger partial charge in [-0.15, -0.1) is 10.2 Å². The van der Waals surface area contributed by atoms with Gasteiger partial charge < -0.3 is 15.5 Å². The van der Waals surface area contributed by atoms with Crippen molar-refractivity contribution in [2.75, 3.05) is 29.9 Å². The summed E-state index contributed by atoms with van der Waals surface area (Å²) >= 11 is 0. The molecule has 0 atom stereocenters. The number of amides is 2. The highest BCUT2D eigenvalue weighted by Crippen LogP contribution is 2.24. The first-order valence-corrected chi connectivity index (χ1v) is 9.75. The van der Waals surface area contributed by atoms with E-state index >= 15 is 0 Å². The second kappa shape index (κ2) is 8.84. The lowest BCUT2D eigenvalue weighted by molar-refractivity contribution is 0.251. The van der Waals surface area contributed by atoms with Crippen molar-refractivity contribution in [2.24, 2.45) is 11.8 Å². The molecule has 6 heteroatoms. The molecule has 1 aromatic heterocycles. The summed E-state index contributed by atoms with van der Waals surface area (Å²) in [7, 11) is 0. The zero-order valence-electron chi connectivity index (χ0n) is 16.4. The number of anilines is 2. The number of nitrogens with zero attached hydrogens (tertiary/aromatic N) is 3. The number of benzene rings is 1. The number of nitrogens with one attached hydrogen (secondary N) is 2. The molecule has 27 heavy (non-hydrogen) atoms. The number of hydrogen-bond donors (Lipinski definition) is 2. The zero-order valence-corrected chi connectivity index (χ0v) is 16.4. The molecule has 0 saturated carbocycles. The van der Waals surface area contributed by atoms with Gasteiger partial charge in [-0.05, 0) is 48.9 Å². The van der Waals surface area contributed by atoms with Gasteiger partial charge in [0, 0.05) is 30.9 Å². The molecular formula is C21H29N5O. The fourth-order valence-electron chi connectivity index (χ4n) is 3.11. The Hall–Kier alpha value is -2.63. The van der Waals surface area contributed by atoms with E-state index < -0.39 is 0 Å². The molecule has 0 radical (unpaired) electrons. The quantitative estimate of drug-likeness (QED) is 0.832. The summed E-state index contributed by atoms with van der Waals surface area (Å²) in [6.45, 7) is 9.16. The molecule has 1 aromatic carbocycles. The molecule has 0 aliphatic carbocycles. The minimum absolute atomic E-state index is 0.193. The van der Waals surface area contributed by atoms with Crippen LogP contribution in [0.5, 0.6) is 0 Å². The number of rotatable bonds is 5. The van der Waals surface area contributed by atoms with Crippen LogP contribution in [0.4, 0.5) is 16.3 Å². The van der Waals surface area contributed by atoms with Gasteiger partial charge >= 0.3 is 6.03 Å². The van der Waals surface area contributed by atoms with E-state index in [4.69, 9.17) is 0 Å². The Bertz CT molecular complexity index is 751. The van der Waals surface area contributed by atoms with E-state index in [9.17, 15) is 4.79 Å². The fourth-order valence-corrected chi connectivity index (χ4v) is 3.11. The van der Waals surface area contributed by atoms with Gasteiger partial charge in [0.25, 0.3) is 0 Å². The van der Waals surface area contributed by atoms with E-state index in [1.807, 2.05) is 36.4 Å². The molecule has 0 unspecified atom stereocenters. The SMILES string of the molecule is CC(C)CNC(=O)Nc1cccc(-c2ccc(N3CCC(C)CC3)nn2)c1. The first-order chi connectivity index (χ1) is 13.0. The second-order valence-electron chi connectivity index (χ2n) is 7.76. The molecule has 2 amide bonds. The van der Waals surface area contributed by atoms with Gasteiger partial charge in [0.1, 0.15) is 0 Å². The van der Waals surface area contributed by atoms with Gasteiger partial charge in [-0.25, -0.2) is 4.79 Å². The van der Waals surface area contributed by atoms with Crippen molar-refractivity contribution in [3.63, 3.8) is 0 Å². The molecule has 0 bridgehead atoms. The van der Waals surface area contributed by atoms with E-state index in [1.54, 1.807) is 0 Å². The highest BCUT2D eigenvalue weighted by molar-refractivity contribution is 5.90. The minimum atomic E-state index is -0.193.